The number of hydrogen-bond acceptors (Lipinski definition) is 6. The molecule has 0 N–H and O–H groups in total. The smallest absolute Gasteiger partial charge is 0.308 e. The van der Waals surface area contributed by atoms with Crippen LogP contribution in [0.2, 0.25) is 0 Å². The summed E-state index contributed by atoms with van der Waals surface area (Å²) in [7, 11) is 0. The zero-order chi connectivity index (χ0) is 12.1. The molecular formula is C10H12O6. The summed E-state index contributed by atoms with van der Waals surface area (Å²) in [5, 5.41) is 0. The lowest BCUT2D eigenvalue weighted by molar-refractivity contribution is -0.147. The Morgan fingerprint density at radius 3 is 2.62 bits per heavy atom. The second-order valence-corrected chi connectivity index (χ2v) is 3.26. The van der Waals surface area contributed by atoms with Crippen LogP contribution >= 0.6 is 0 Å². The molecule has 16 heavy (non-hydrogen) atoms. The van der Waals surface area contributed by atoms with Crippen LogP contribution in [-0.4, -0.2) is 30.4 Å². The highest BCUT2D eigenvalue weighted by Gasteiger charge is 2.26. The van der Waals surface area contributed by atoms with Crippen LogP contribution in [0.4, 0.5) is 0 Å². The molecule has 0 fully saturated rings. The largest absolute Gasteiger partial charge is 0.490 e. The van der Waals surface area contributed by atoms with E-state index in [1.807, 2.05) is 0 Å². The zero-order valence-electron chi connectivity index (χ0n) is 9.02. The summed E-state index contributed by atoms with van der Waals surface area (Å²) in [4.78, 5) is 32.6. The average molecular weight is 228 g/mol. The van der Waals surface area contributed by atoms with Crippen molar-refractivity contribution in [1.29, 1.82) is 0 Å². The summed E-state index contributed by atoms with van der Waals surface area (Å²) < 4.78 is 14.4. The van der Waals surface area contributed by atoms with Crippen LogP contribution in [0.15, 0.2) is 12.0 Å². The van der Waals surface area contributed by atoms with Crippen molar-refractivity contribution in [2.24, 2.45) is 0 Å². The van der Waals surface area contributed by atoms with E-state index in [0.29, 0.717) is 0 Å². The number of Topliss-reactive ketones (excluding diaryl/α,β-unsaturated/α-hetero) is 1. The van der Waals surface area contributed by atoms with Gasteiger partial charge in [0, 0.05) is 13.8 Å². The van der Waals surface area contributed by atoms with E-state index in [1.54, 1.807) is 0 Å². The fourth-order valence-electron chi connectivity index (χ4n) is 1.12. The molecule has 6 heteroatoms. The molecule has 0 radical (unpaired) electrons. The summed E-state index contributed by atoms with van der Waals surface area (Å²) in [5.74, 6) is -1.49. The number of carbonyl (C=O) groups is 3. The predicted molar refractivity (Wildman–Crippen MR) is 51.0 cm³/mol. The van der Waals surface area contributed by atoms with Gasteiger partial charge in [-0.25, -0.2) is 0 Å². The molecule has 0 aliphatic carbocycles. The number of esters is 2. The van der Waals surface area contributed by atoms with Crippen molar-refractivity contribution in [2.75, 3.05) is 6.61 Å². The number of ether oxygens (including phenoxy) is 3. The Bertz CT molecular complexity index is 343. The Morgan fingerprint density at radius 2 is 2.12 bits per heavy atom. The van der Waals surface area contributed by atoms with Gasteiger partial charge < -0.3 is 14.2 Å². The minimum absolute atomic E-state index is 0.00489. The minimum atomic E-state index is -0.582. The molecule has 0 aromatic carbocycles. The molecule has 0 spiro atoms. The van der Waals surface area contributed by atoms with Crippen LogP contribution < -0.4 is 0 Å². The van der Waals surface area contributed by atoms with Crippen LogP contribution in [0.3, 0.4) is 0 Å². The van der Waals surface area contributed by atoms with Gasteiger partial charge in [-0.05, 0) is 0 Å². The number of rotatable bonds is 3. The molecule has 0 amide bonds. The van der Waals surface area contributed by atoms with Crippen LogP contribution in [-0.2, 0) is 28.6 Å². The maximum Gasteiger partial charge on any atom is 0.308 e. The molecule has 1 aliphatic heterocycles. The van der Waals surface area contributed by atoms with Gasteiger partial charge in [0.05, 0.1) is 6.42 Å². The van der Waals surface area contributed by atoms with Gasteiger partial charge in [-0.2, -0.15) is 0 Å². The molecule has 1 heterocycles. The summed E-state index contributed by atoms with van der Waals surface area (Å²) in [6.07, 6.45) is 0.573. The van der Waals surface area contributed by atoms with E-state index in [9.17, 15) is 14.4 Å². The first-order chi connectivity index (χ1) is 7.49. The van der Waals surface area contributed by atoms with Crippen LogP contribution in [0.25, 0.3) is 0 Å². The maximum absolute atomic E-state index is 11.4. The Kier molecular flexibility index (Phi) is 4.04. The molecule has 0 aromatic rings. The molecule has 0 bridgehead atoms. The average Bonchev–Trinajstić information content (AvgIpc) is 2.18. The number of hydrogen-bond donors (Lipinski definition) is 0. The Labute approximate surface area is 92.2 Å². The van der Waals surface area contributed by atoms with Crippen LogP contribution in [0.5, 0.6) is 0 Å². The van der Waals surface area contributed by atoms with Crippen molar-refractivity contribution in [3.05, 3.63) is 12.0 Å². The quantitative estimate of drug-likeness (QED) is 0.647. The van der Waals surface area contributed by atoms with Crippen molar-refractivity contribution in [3.8, 4) is 0 Å². The summed E-state index contributed by atoms with van der Waals surface area (Å²) in [6, 6.07) is 0. The van der Waals surface area contributed by atoms with E-state index in [4.69, 9.17) is 9.47 Å². The Hall–Kier alpha value is -1.85. The highest BCUT2D eigenvalue weighted by Crippen LogP contribution is 2.15. The van der Waals surface area contributed by atoms with Gasteiger partial charge in [0.1, 0.15) is 19.0 Å². The summed E-state index contributed by atoms with van der Waals surface area (Å²) in [6.45, 7) is 2.47. The fraction of sp³-hybridized carbons (Fsp3) is 0.500. The molecule has 6 nitrogen and oxygen atoms in total. The van der Waals surface area contributed by atoms with E-state index < -0.39 is 18.0 Å². The highest BCUT2D eigenvalue weighted by molar-refractivity contribution is 5.96. The van der Waals surface area contributed by atoms with Crippen molar-refractivity contribution in [3.63, 3.8) is 0 Å². The van der Waals surface area contributed by atoms with Gasteiger partial charge in [-0.15, -0.1) is 0 Å². The monoisotopic (exact) mass is 228 g/mol. The third kappa shape index (κ3) is 3.72. The predicted octanol–water partition coefficient (Wildman–Crippen LogP) is 0.312. The van der Waals surface area contributed by atoms with Crippen molar-refractivity contribution in [2.45, 2.75) is 26.4 Å². The number of allylic oxidation sites excluding steroid dienone is 1. The summed E-state index contributed by atoms with van der Waals surface area (Å²) >= 11 is 0. The molecule has 0 saturated carbocycles. The lowest BCUT2D eigenvalue weighted by Gasteiger charge is -2.20. The topological polar surface area (TPSA) is 78.9 Å². The standard InChI is InChI=1S/C10H12O6/c1-6(11)14-4-8-3-9(13)10(5-15-8)16-7(2)12/h5,8H,3-4H2,1-2H3. The first-order valence-electron chi connectivity index (χ1n) is 4.69. The molecule has 1 aliphatic rings. The Morgan fingerprint density at radius 1 is 1.44 bits per heavy atom. The molecule has 1 rings (SSSR count). The van der Waals surface area contributed by atoms with E-state index in [-0.39, 0.29) is 24.6 Å². The second kappa shape index (κ2) is 5.29. The third-order valence-electron chi connectivity index (χ3n) is 1.78. The maximum atomic E-state index is 11.4. The zero-order valence-corrected chi connectivity index (χ0v) is 9.02. The van der Waals surface area contributed by atoms with Gasteiger partial charge in [-0.1, -0.05) is 0 Å². The van der Waals surface area contributed by atoms with E-state index in [0.717, 1.165) is 6.26 Å². The molecule has 1 unspecified atom stereocenters. The van der Waals surface area contributed by atoms with E-state index in [1.165, 1.54) is 13.8 Å². The lowest BCUT2D eigenvalue weighted by atomic mass is 10.1. The normalized spacial score (nSPS) is 19.5. The third-order valence-corrected chi connectivity index (χ3v) is 1.78. The summed E-state index contributed by atoms with van der Waals surface area (Å²) in [5.41, 5.74) is 0. The van der Waals surface area contributed by atoms with Gasteiger partial charge in [0.2, 0.25) is 11.5 Å². The molecule has 88 valence electrons. The lowest BCUT2D eigenvalue weighted by Crippen LogP contribution is -2.28. The highest BCUT2D eigenvalue weighted by atomic mass is 16.6. The van der Waals surface area contributed by atoms with Crippen molar-refractivity contribution in [1.82, 2.24) is 0 Å². The first-order valence-corrected chi connectivity index (χ1v) is 4.69. The SMILES string of the molecule is CC(=O)OCC1CC(=O)C(OC(C)=O)=CO1. The molecule has 0 aromatic heterocycles. The van der Waals surface area contributed by atoms with E-state index in [2.05, 4.69) is 4.74 Å². The van der Waals surface area contributed by atoms with Gasteiger partial charge in [0.25, 0.3) is 0 Å². The molecule has 0 saturated heterocycles. The minimum Gasteiger partial charge on any atom is -0.490 e. The van der Waals surface area contributed by atoms with Crippen molar-refractivity contribution < 1.29 is 28.6 Å². The Balaban J connectivity index is 2.49. The van der Waals surface area contributed by atoms with E-state index >= 15 is 0 Å². The van der Waals surface area contributed by atoms with Crippen molar-refractivity contribution >= 4 is 17.7 Å². The number of ketones is 1. The molecular weight excluding hydrogens is 216 g/mol. The molecule has 1 atom stereocenters. The van der Waals surface area contributed by atoms with Crippen LogP contribution in [0, 0.1) is 0 Å². The first kappa shape index (κ1) is 12.2. The van der Waals surface area contributed by atoms with Gasteiger partial charge in [-0.3, -0.25) is 14.4 Å². The second-order valence-electron chi connectivity index (χ2n) is 3.26. The number of carbonyl (C=O) groups excluding carboxylic acids is 3. The van der Waals surface area contributed by atoms with Crippen LogP contribution in [0.1, 0.15) is 20.3 Å². The fourth-order valence-corrected chi connectivity index (χ4v) is 1.12. The van der Waals surface area contributed by atoms with Gasteiger partial charge >= 0.3 is 11.9 Å². The van der Waals surface area contributed by atoms with Gasteiger partial charge in [0.15, 0.2) is 0 Å².